The Morgan fingerprint density at radius 2 is 2.07 bits per heavy atom. The number of anilines is 1. The van der Waals surface area contributed by atoms with Gasteiger partial charge < -0.3 is 15.6 Å². The van der Waals surface area contributed by atoms with E-state index >= 15 is 0 Å². The van der Waals surface area contributed by atoms with Crippen molar-refractivity contribution in [3.8, 4) is 0 Å². The van der Waals surface area contributed by atoms with Crippen LogP contribution in [0.15, 0.2) is 40.6 Å². The van der Waals surface area contributed by atoms with E-state index in [0.717, 1.165) is 63.0 Å². The molecule has 1 aliphatic heterocycles. The molecule has 1 unspecified atom stereocenters. The minimum atomic E-state index is 0.155. The summed E-state index contributed by atoms with van der Waals surface area (Å²) in [5.41, 5.74) is 9.78. The molecule has 7 nitrogen and oxygen atoms in total. The van der Waals surface area contributed by atoms with Gasteiger partial charge in [-0.05, 0) is 49.2 Å². The number of H-pyrrole nitrogens is 1. The monoisotopic (exact) mass is 437 g/mol. The number of hydrogen-bond acceptors (Lipinski definition) is 7. The second-order valence-corrected chi connectivity index (χ2v) is 9.41. The van der Waals surface area contributed by atoms with E-state index in [1.807, 2.05) is 24.4 Å². The molecule has 3 N–H and O–H groups in total. The van der Waals surface area contributed by atoms with E-state index in [-0.39, 0.29) is 6.04 Å². The van der Waals surface area contributed by atoms with E-state index in [0.29, 0.717) is 11.1 Å². The standard InChI is InChI=1S/C21H20ClN7S/c22-17-16-19(26-18(17)11-3-4-11)27-21(28-20(16)29-7-5-12(23)10-29)30-13-8-15-14(25-9-13)2-1-6-24-15/h1-2,6,8-9,11-12H,3-5,7,10,23H2,(H,26,27,28). The van der Waals surface area contributed by atoms with Gasteiger partial charge in [-0.25, -0.2) is 9.97 Å². The van der Waals surface area contributed by atoms with E-state index in [4.69, 9.17) is 27.3 Å². The average molecular weight is 438 g/mol. The molecule has 2 fully saturated rings. The molecule has 2 aliphatic rings. The van der Waals surface area contributed by atoms with Gasteiger partial charge in [0.2, 0.25) is 0 Å². The maximum absolute atomic E-state index is 6.80. The van der Waals surface area contributed by atoms with E-state index in [9.17, 15) is 0 Å². The number of aromatic amines is 1. The van der Waals surface area contributed by atoms with Gasteiger partial charge in [0.15, 0.2) is 5.16 Å². The normalized spacial score (nSPS) is 19.3. The Hall–Kier alpha value is -2.42. The van der Waals surface area contributed by atoms with Crippen LogP contribution < -0.4 is 10.6 Å². The van der Waals surface area contributed by atoms with Gasteiger partial charge in [-0.1, -0.05) is 11.6 Å². The molecule has 0 radical (unpaired) electrons. The van der Waals surface area contributed by atoms with Crippen LogP contribution in [0.1, 0.15) is 30.9 Å². The highest BCUT2D eigenvalue weighted by molar-refractivity contribution is 7.99. The van der Waals surface area contributed by atoms with Crippen LogP contribution in [0.5, 0.6) is 0 Å². The Morgan fingerprint density at radius 3 is 2.87 bits per heavy atom. The van der Waals surface area contributed by atoms with E-state index in [1.54, 1.807) is 6.20 Å². The molecule has 1 aliphatic carbocycles. The summed E-state index contributed by atoms with van der Waals surface area (Å²) in [6.07, 6.45) is 6.90. The average Bonchev–Trinajstić information content (AvgIpc) is 3.42. The quantitative estimate of drug-likeness (QED) is 0.463. The van der Waals surface area contributed by atoms with Crippen LogP contribution in [-0.4, -0.2) is 44.1 Å². The summed E-state index contributed by atoms with van der Waals surface area (Å²) in [5.74, 6) is 1.38. The van der Waals surface area contributed by atoms with Crippen molar-refractivity contribution in [2.75, 3.05) is 18.0 Å². The topological polar surface area (TPSA) is 96.6 Å². The van der Waals surface area contributed by atoms with Gasteiger partial charge >= 0.3 is 0 Å². The Morgan fingerprint density at radius 1 is 1.17 bits per heavy atom. The zero-order valence-corrected chi connectivity index (χ0v) is 17.7. The number of pyridine rings is 2. The van der Waals surface area contributed by atoms with Gasteiger partial charge in [-0.3, -0.25) is 9.97 Å². The summed E-state index contributed by atoms with van der Waals surface area (Å²) >= 11 is 8.28. The molecule has 0 bridgehead atoms. The molecule has 4 aromatic heterocycles. The fourth-order valence-corrected chi connectivity index (χ4v) is 5.17. The first-order valence-corrected chi connectivity index (χ1v) is 11.3. The number of aromatic nitrogens is 5. The lowest BCUT2D eigenvalue weighted by atomic mass is 10.2. The molecule has 9 heteroatoms. The summed E-state index contributed by atoms with van der Waals surface area (Å²) in [6, 6.07) is 6.01. The summed E-state index contributed by atoms with van der Waals surface area (Å²) in [7, 11) is 0. The molecule has 4 aromatic rings. The predicted molar refractivity (Wildman–Crippen MR) is 119 cm³/mol. The number of nitrogens with two attached hydrogens (primary N) is 1. The third-order valence-corrected chi connectivity index (χ3v) is 6.94. The highest BCUT2D eigenvalue weighted by Gasteiger charge is 2.32. The number of halogens is 1. The zero-order chi connectivity index (χ0) is 20.2. The number of nitrogens with zero attached hydrogens (tertiary/aromatic N) is 5. The summed E-state index contributed by atoms with van der Waals surface area (Å²) in [6.45, 7) is 1.65. The predicted octanol–water partition coefficient (Wildman–Crippen LogP) is 4.12. The first-order chi connectivity index (χ1) is 14.7. The lowest BCUT2D eigenvalue weighted by molar-refractivity contribution is 0.751. The molecule has 0 spiro atoms. The molecular formula is C21H20ClN7S. The highest BCUT2D eigenvalue weighted by atomic mass is 35.5. The van der Waals surface area contributed by atoms with E-state index < -0.39 is 0 Å². The van der Waals surface area contributed by atoms with Gasteiger partial charge in [0, 0.05) is 48.0 Å². The Labute approximate surface area is 182 Å². The molecule has 1 atom stereocenters. The fraction of sp³-hybridized carbons (Fsp3) is 0.333. The van der Waals surface area contributed by atoms with Gasteiger partial charge in [-0.15, -0.1) is 0 Å². The minimum absolute atomic E-state index is 0.155. The van der Waals surface area contributed by atoms with Crippen molar-refractivity contribution in [2.45, 2.75) is 41.3 Å². The van der Waals surface area contributed by atoms with Gasteiger partial charge in [-0.2, -0.15) is 0 Å². The lowest BCUT2D eigenvalue weighted by Gasteiger charge is -2.18. The van der Waals surface area contributed by atoms with E-state index in [1.165, 1.54) is 24.6 Å². The van der Waals surface area contributed by atoms with Crippen molar-refractivity contribution in [3.05, 3.63) is 41.3 Å². The molecule has 6 rings (SSSR count). The van der Waals surface area contributed by atoms with Crippen LogP contribution in [0.3, 0.4) is 0 Å². The zero-order valence-electron chi connectivity index (χ0n) is 16.2. The Bertz CT molecular complexity index is 1270. The number of nitrogens with one attached hydrogen (secondary N) is 1. The first kappa shape index (κ1) is 18.4. The van der Waals surface area contributed by atoms with Crippen LogP contribution in [0.2, 0.25) is 5.02 Å². The maximum Gasteiger partial charge on any atom is 0.196 e. The second kappa shape index (κ2) is 7.08. The van der Waals surface area contributed by atoms with Gasteiger partial charge in [0.1, 0.15) is 11.5 Å². The first-order valence-electron chi connectivity index (χ1n) is 10.1. The van der Waals surface area contributed by atoms with Crippen molar-refractivity contribution >= 4 is 51.2 Å². The summed E-state index contributed by atoms with van der Waals surface area (Å²) in [5, 5.41) is 2.33. The van der Waals surface area contributed by atoms with Crippen LogP contribution in [0, 0.1) is 0 Å². The minimum Gasteiger partial charge on any atom is -0.354 e. The number of hydrogen-bond donors (Lipinski definition) is 2. The molecule has 0 amide bonds. The number of fused-ring (bicyclic) bond motifs is 2. The van der Waals surface area contributed by atoms with Crippen LogP contribution >= 0.6 is 23.4 Å². The smallest absolute Gasteiger partial charge is 0.196 e. The summed E-state index contributed by atoms with van der Waals surface area (Å²) < 4.78 is 0. The van der Waals surface area contributed by atoms with Crippen molar-refractivity contribution in [1.29, 1.82) is 0 Å². The molecule has 30 heavy (non-hydrogen) atoms. The van der Waals surface area contributed by atoms with Gasteiger partial charge in [0.25, 0.3) is 0 Å². The largest absolute Gasteiger partial charge is 0.354 e. The lowest BCUT2D eigenvalue weighted by Crippen LogP contribution is -2.27. The molecule has 1 saturated carbocycles. The molecule has 0 aromatic carbocycles. The van der Waals surface area contributed by atoms with Gasteiger partial charge in [0.05, 0.1) is 21.4 Å². The van der Waals surface area contributed by atoms with Crippen molar-refractivity contribution in [1.82, 2.24) is 24.9 Å². The Balaban J connectivity index is 1.45. The fourth-order valence-electron chi connectivity index (χ4n) is 4.04. The molecular weight excluding hydrogens is 418 g/mol. The second-order valence-electron chi connectivity index (χ2n) is 7.99. The number of rotatable bonds is 4. The molecule has 1 saturated heterocycles. The summed E-state index contributed by atoms with van der Waals surface area (Å²) in [4.78, 5) is 25.3. The third kappa shape index (κ3) is 3.19. The van der Waals surface area contributed by atoms with Crippen molar-refractivity contribution in [3.63, 3.8) is 0 Å². The molecule has 152 valence electrons. The SMILES string of the molecule is NC1CCN(c2nc(Sc3cnc4cccnc4c3)nc3[nH]c(C4CC4)c(Cl)c23)C1. The van der Waals surface area contributed by atoms with Crippen LogP contribution in [-0.2, 0) is 0 Å². The van der Waals surface area contributed by atoms with Crippen LogP contribution in [0.25, 0.3) is 22.1 Å². The van der Waals surface area contributed by atoms with E-state index in [2.05, 4.69) is 19.9 Å². The van der Waals surface area contributed by atoms with Crippen molar-refractivity contribution < 1.29 is 0 Å². The third-order valence-electron chi connectivity index (χ3n) is 5.72. The molecule has 5 heterocycles. The maximum atomic E-state index is 6.80. The Kier molecular flexibility index (Phi) is 4.33. The van der Waals surface area contributed by atoms with Crippen molar-refractivity contribution in [2.24, 2.45) is 5.73 Å². The van der Waals surface area contributed by atoms with Crippen LogP contribution in [0.4, 0.5) is 5.82 Å². The highest BCUT2D eigenvalue weighted by Crippen LogP contribution is 2.47.